The molecule has 0 aromatic carbocycles. The van der Waals surface area contributed by atoms with E-state index < -0.39 is 0 Å². The second-order valence-electron chi connectivity index (χ2n) is 8.77. The van der Waals surface area contributed by atoms with E-state index in [0.717, 1.165) is 18.4 Å². The first kappa shape index (κ1) is 27.4. The Morgan fingerprint density at radius 2 is 1.35 bits per heavy atom. The van der Waals surface area contributed by atoms with Gasteiger partial charge < -0.3 is 4.74 Å². The highest BCUT2D eigenvalue weighted by molar-refractivity contribution is 5.69. The monoisotopic (exact) mass is 429 g/mol. The van der Waals surface area contributed by atoms with Crippen LogP contribution in [-0.4, -0.2) is 11.0 Å². The molecule has 1 rings (SSSR count). The van der Waals surface area contributed by atoms with Crippen molar-refractivity contribution in [2.45, 2.75) is 129 Å². The highest BCUT2D eigenvalue weighted by Crippen LogP contribution is 2.13. The van der Waals surface area contributed by atoms with E-state index in [1.807, 2.05) is 12.1 Å². The van der Waals surface area contributed by atoms with E-state index in [1.165, 1.54) is 96.3 Å². The van der Waals surface area contributed by atoms with Crippen molar-refractivity contribution in [1.82, 2.24) is 4.98 Å². The molecule has 0 fully saturated rings. The first-order chi connectivity index (χ1) is 15.3. The van der Waals surface area contributed by atoms with E-state index in [4.69, 9.17) is 4.74 Å². The van der Waals surface area contributed by atoms with E-state index in [0.29, 0.717) is 13.0 Å². The van der Waals surface area contributed by atoms with Crippen LogP contribution in [0.4, 0.5) is 0 Å². The standard InChI is InChI=1S/C28H47NO2/c1-2-3-4-5-6-7-8-9-10-11-12-13-14-15-16-17-18-19-20-23-28(30)31-26-27-22-21-24-29-25-27/h7-8,21-22,24-25H,2-6,9-20,23,26H2,1H3/b8-7-. The SMILES string of the molecule is CCCCCC/C=C\CCCCCCCCCCCCCC(=O)OCc1cccnc1. The molecule has 1 aromatic rings. The molecule has 3 nitrogen and oxygen atoms in total. The maximum absolute atomic E-state index is 11.8. The molecule has 1 aromatic heterocycles. The topological polar surface area (TPSA) is 39.2 Å². The third kappa shape index (κ3) is 18.8. The van der Waals surface area contributed by atoms with Gasteiger partial charge in [0.1, 0.15) is 6.61 Å². The first-order valence-electron chi connectivity index (χ1n) is 13.0. The zero-order valence-corrected chi connectivity index (χ0v) is 20.2. The van der Waals surface area contributed by atoms with Crippen LogP contribution in [0.5, 0.6) is 0 Å². The molecule has 0 amide bonds. The Bertz CT molecular complexity index is 541. The van der Waals surface area contributed by atoms with Gasteiger partial charge in [0.2, 0.25) is 0 Å². The Morgan fingerprint density at radius 1 is 0.806 bits per heavy atom. The molecular formula is C28H47NO2. The second-order valence-corrected chi connectivity index (χ2v) is 8.77. The summed E-state index contributed by atoms with van der Waals surface area (Å²) >= 11 is 0. The third-order valence-electron chi connectivity index (χ3n) is 5.77. The minimum atomic E-state index is -0.0914. The van der Waals surface area contributed by atoms with Gasteiger partial charge in [-0.05, 0) is 38.2 Å². The van der Waals surface area contributed by atoms with Gasteiger partial charge in [0.15, 0.2) is 0 Å². The third-order valence-corrected chi connectivity index (χ3v) is 5.77. The summed E-state index contributed by atoms with van der Waals surface area (Å²) in [5.41, 5.74) is 0.945. The van der Waals surface area contributed by atoms with Crippen LogP contribution in [0.25, 0.3) is 0 Å². The van der Waals surface area contributed by atoms with E-state index in [-0.39, 0.29) is 5.97 Å². The average Bonchev–Trinajstić information content (AvgIpc) is 2.80. The van der Waals surface area contributed by atoms with Crippen LogP contribution < -0.4 is 0 Å². The number of aromatic nitrogens is 1. The number of pyridine rings is 1. The predicted molar refractivity (Wildman–Crippen MR) is 132 cm³/mol. The van der Waals surface area contributed by atoms with Crippen molar-refractivity contribution < 1.29 is 9.53 Å². The molecule has 0 radical (unpaired) electrons. The molecule has 176 valence electrons. The van der Waals surface area contributed by atoms with Gasteiger partial charge in [0.05, 0.1) is 0 Å². The quantitative estimate of drug-likeness (QED) is 0.111. The Labute approximate surface area is 192 Å². The summed E-state index contributed by atoms with van der Waals surface area (Å²) in [6.45, 7) is 2.61. The molecule has 3 heteroatoms. The number of unbranched alkanes of at least 4 members (excludes halogenated alkanes) is 15. The minimum Gasteiger partial charge on any atom is -0.461 e. The van der Waals surface area contributed by atoms with Gasteiger partial charge in [-0.25, -0.2) is 0 Å². The molecule has 0 saturated carbocycles. The van der Waals surface area contributed by atoms with Crippen LogP contribution in [0.15, 0.2) is 36.7 Å². The maximum Gasteiger partial charge on any atom is 0.306 e. The van der Waals surface area contributed by atoms with Crippen molar-refractivity contribution >= 4 is 5.97 Å². The number of hydrogen-bond donors (Lipinski definition) is 0. The summed E-state index contributed by atoms with van der Waals surface area (Å²) in [6.07, 6.45) is 31.0. The number of rotatable bonds is 21. The van der Waals surface area contributed by atoms with Crippen LogP contribution in [0.2, 0.25) is 0 Å². The van der Waals surface area contributed by atoms with Crippen molar-refractivity contribution in [2.24, 2.45) is 0 Å². The Hall–Kier alpha value is -1.64. The number of allylic oxidation sites excluding steroid dienone is 2. The summed E-state index contributed by atoms with van der Waals surface area (Å²) in [4.78, 5) is 15.8. The van der Waals surface area contributed by atoms with E-state index in [1.54, 1.807) is 12.4 Å². The summed E-state index contributed by atoms with van der Waals surface area (Å²) in [5, 5.41) is 0. The molecular weight excluding hydrogens is 382 g/mol. The van der Waals surface area contributed by atoms with Gasteiger partial charge in [0, 0.05) is 24.4 Å². The molecule has 0 N–H and O–H groups in total. The van der Waals surface area contributed by atoms with Crippen molar-refractivity contribution in [2.75, 3.05) is 0 Å². The van der Waals surface area contributed by atoms with E-state index in [2.05, 4.69) is 24.1 Å². The zero-order valence-electron chi connectivity index (χ0n) is 20.2. The fourth-order valence-corrected chi connectivity index (χ4v) is 3.77. The fourth-order valence-electron chi connectivity index (χ4n) is 3.77. The molecule has 31 heavy (non-hydrogen) atoms. The highest BCUT2D eigenvalue weighted by atomic mass is 16.5. The largest absolute Gasteiger partial charge is 0.461 e. The molecule has 0 bridgehead atoms. The summed E-state index contributed by atoms with van der Waals surface area (Å²) in [5.74, 6) is -0.0914. The summed E-state index contributed by atoms with van der Waals surface area (Å²) in [7, 11) is 0. The summed E-state index contributed by atoms with van der Waals surface area (Å²) in [6, 6.07) is 3.79. The average molecular weight is 430 g/mol. The lowest BCUT2D eigenvalue weighted by Gasteiger charge is -2.05. The number of esters is 1. The van der Waals surface area contributed by atoms with Crippen LogP contribution in [0.1, 0.15) is 128 Å². The van der Waals surface area contributed by atoms with Gasteiger partial charge in [-0.3, -0.25) is 9.78 Å². The number of carbonyl (C=O) groups excluding carboxylic acids is 1. The number of hydrogen-bond acceptors (Lipinski definition) is 3. The van der Waals surface area contributed by atoms with Crippen molar-refractivity contribution in [3.05, 3.63) is 42.2 Å². The zero-order chi connectivity index (χ0) is 22.2. The predicted octanol–water partition coefficient (Wildman–Crippen LogP) is 8.72. The Morgan fingerprint density at radius 3 is 1.90 bits per heavy atom. The molecule has 0 aliphatic heterocycles. The van der Waals surface area contributed by atoms with Gasteiger partial charge >= 0.3 is 5.97 Å². The molecule has 1 heterocycles. The smallest absolute Gasteiger partial charge is 0.306 e. The highest BCUT2D eigenvalue weighted by Gasteiger charge is 2.03. The Kier molecular flexibility index (Phi) is 19.1. The lowest BCUT2D eigenvalue weighted by molar-refractivity contribution is -0.145. The lowest BCUT2D eigenvalue weighted by Crippen LogP contribution is -2.04. The first-order valence-corrected chi connectivity index (χ1v) is 13.0. The van der Waals surface area contributed by atoms with E-state index in [9.17, 15) is 4.79 Å². The maximum atomic E-state index is 11.8. The molecule has 0 aliphatic rings. The van der Waals surface area contributed by atoms with Gasteiger partial charge in [0.25, 0.3) is 0 Å². The molecule has 0 aliphatic carbocycles. The second kappa shape index (κ2) is 21.6. The molecule has 0 atom stereocenters. The van der Waals surface area contributed by atoms with Gasteiger partial charge in [-0.15, -0.1) is 0 Å². The summed E-state index contributed by atoms with van der Waals surface area (Å²) < 4.78 is 5.28. The van der Waals surface area contributed by atoms with Crippen LogP contribution >= 0.6 is 0 Å². The molecule has 0 unspecified atom stereocenters. The minimum absolute atomic E-state index is 0.0914. The lowest BCUT2D eigenvalue weighted by atomic mass is 10.0. The number of nitrogens with zero attached hydrogens (tertiary/aromatic N) is 1. The van der Waals surface area contributed by atoms with Crippen LogP contribution in [0, 0.1) is 0 Å². The molecule has 0 saturated heterocycles. The fraction of sp³-hybridized carbons (Fsp3) is 0.714. The Balaban J connectivity index is 1.75. The van der Waals surface area contributed by atoms with Crippen molar-refractivity contribution in [3.8, 4) is 0 Å². The van der Waals surface area contributed by atoms with E-state index >= 15 is 0 Å². The van der Waals surface area contributed by atoms with Crippen LogP contribution in [0.3, 0.4) is 0 Å². The van der Waals surface area contributed by atoms with Gasteiger partial charge in [-0.1, -0.05) is 102 Å². The van der Waals surface area contributed by atoms with Gasteiger partial charge in [-0.2, -0.15) is 0 Å². The molecule has 0 spiro atoms. The van der Waals surface area contributed by atoms with Crippen LogP contribution in [-0.2, 0) is 16.1 Å². The van der Waals surface area contributed by atoms with Crippen molar-refractivity contribution in [1.29, 1.82) is 0 Å². The van der Waals surface area contributed by atoms with Crippen molar-refractivity contribution in [3.63, 3.8) is 0 Å². The number of carbonyl (C=O) groups is 1. The number of ether oxygens (including phenoxy) is 1. The normalized spacial score (nSPS) is 11.3.